The van der Waals surface area contributed by atoms with Crippen molar-refractivity contribution in [2.24, 2.45) is 0 Å². The van der Waals surface area contributed by atoms with Crippen LogP contribution in [0.2, 0.25) is 5.15 Å². The highest BCUT2D eigenvalue weighted by atomic mass is 35.5. The SMILES string of the molecule is CC[C@@H](N[S@@+]([O-])C(C)(C)C)c1cnc(OC2(C)CC2)c2cnc(Cl)cc12. The van der Waals surface area contributed by atoms with Gasteiger partial charge in [0.25, 0.3) is 0 Å². The summed E-state index contributed by atoms with van der Waals surface area (Å²) in [6.07, 6.45) is 6.35. The predicted octanol–water partition coefficient (Wildman–Crippen LogP) is 4.72. The predicted molar refractivity (Wildman–Crippen MR) is 107 cm³/mol. The Kier molecular flexibility index (Phi) is 5.41. The van der Waals surface area contributed by atoms with E-state index in [2.05, 4.69) is 28.5 Å². The molecule has 2 aromatic heterocycles. The Morgan fingerprint density at radius 3 is 2.58 bits per heavy atom. The van der Waals surface area contributed by atoms with Gasteiger partial charge < -0.3 is 9.29 Å². The van der Waals surface area contributed by atoms with E-state index in [-0.39, 0.29) is 16.4 Å². The second kappa shape index (κ2) is 7.15. The summed E-state index contributed by atoms with van der Waals surface area (Å²) in [5, 5.41) is 2.19. The molecule has 1 N–H and O–H groups in total. The Hall–Kier alpha value is -1.08. The van der Waals surface area contributed by atoms with Crippen LogP contribution in [0.1, 0.15) is 65.5 Å². The summed E-state index contributed by atoms with van der Waals surface area (Å²) in [5.41, 5.74) is 0.828. The number of fused-ring (bicyclic) bond motifs is 1. The molecule has 1 saturated carbocycles. The van der Waals surface area contributed by atoms with E-state index in [9.17, 15) is 4.55 Å². The van der Waals surface area contributed by atoms with Crippen molar-refractivity contribution in [2.75, 3.05) is 0 Å². The lowest BCUT2D eigenvalue weighted by Crippen LogP contribution is -2.41. The van der Waals surface area contributed by atoms with Crippen molar-refractivity contribution in [3.8, 4) is 5.88 Å². The zero-order chi connectivity index (χ0) is 19.1. The lowest BCUT2D eigenvalue weighted by Gasteiger charge is -2.28. The largest absolute Gasteiger partial charge is 0.598 e. The zero-order valence-electron chi connectivity index (χ0n) is 15.9. The maximum atomic E-state index is 12.6. The quantitative estimate of drug-likeness (QED) is 0.566. The standard InChI is InChI=1S/C19H26ClN3O2S/c1-6-15(23-26(24)18(2,3)4)13-10-22-17(25-19(5)7-8-19)14-11-21-16(20)9-12(13)14/h9-11,15,23H,6-8H2,1-5H3/t15-,26+/m1/s1. The molecule has 0 spiro atoms. The molecule has 142 valence electrons. The third kappa shape index (κ3) is 4.25. The van der Waals surface area contributed by atoms with E-state index in [0.717, 1.165) is 35.6 Å². The Bertz CT molecular complexity index is 805. The van der Waals surface area contributed by atoms with Gasteiger partial charge in [-0.1, -0.05) is 18.5 Å². The van der Waals surface area contributed by atoms with Crippen LogP contribution in [0.5, 0.6) is 5.88 Å². The maximum Gasteiger partial charge on any atom is 0.223 e. The lowest BCUT2D eigenvalue weighted by molar-refractivity contribution is 0.194. The fourth-order valence-electron chi connectivity index (χ4n) is 2.65. The zero-order valence-corrected chi connectivity index (χ0v) is 17.5. The monoisotopic (exact) mass is 395 g/mol. The molecule has 0 saturated heterocycles. The molecule has 1 aliphatic rings. The number of aromatic nitrogens is 2. The Balaban J connectivity index is 2.02. The van der Waals surface area contributed by atoms with E-state index in [0.29, 0.717) is 11.0 Å². The van der Waals surface area contributed by atoms with E-state index in [1.165, 1.54) is 0 Å². The maximum absolute atomic E-state index is 12.6. The van der Waals surface area contributed by atoms with Crippen molar-refractivity contribution in [1.29, 1.82) is 0 Å². The molecule has 0 radical (unpaired) electrons. The highest BCUT2D eigenvalue weighted by molar-refractivity contribution is 7.90. The molecule has 0 aliphatic heterocycles. The highest BCUT2D eigenvalue weighted by Crippen LogP contribution is 2.41. The van der Waals surface area contributed by atoms with Crippen LogP contribution in [-0.2, 0) is 11.4 Å². The van der Waals surface area contributed by atoms with Crippen LogP contribution < -0.4 is 9.46 Å². The molecule has 2 heterocycles. The fraction of sp³-hybridized carbons (Fsp3) is 0.579. The van der Waals surface area contributed by atoms with Crippen LogP contribution in [0.4, 0.5) is 0 Å². The van der Waals surface area contributed by atoms with Crippen LogP contribution in [0, 0.1) is 0 Å². The molecule has 2 atom stereocenters. The molecule has 1 aliphatic carbocycles. The minimum absolute atomic E-state index is 0.103. The number of hydrogen-bond donors (Lipinski definition) is 1. The fourth-order valence-corrected chi connectivity index (χ4v) is 3.71. The second-order valence-corrected chi connectivity index (χ2v) is 10.5. The normalized spacial score (nSPS) is 18.6. The molecule has 0 bridgehead atoms. The number of pyridine rings is 2. The second-order valence-electron chi connectivity index (χ2n) is 8.08. The molecule has 1 fully saturated rings. The van der Waals surface area contributed by atoms with Crippen molar-refractivity contribution in [3.63, 3.8) is 0 Å². The minimum atomic E-state index is -1.18. The summed E-state index contributed by atoms with van der Waals surface area (Å²) >= 11 is 4.98. The van der Waals surface area contributed by atoms with E-state index < -0.39 is 11.4 Å². The van der Waals surface area contributed by atoms with Gasteiger partial charge >= 0.3 is 0 Å². The Labute approximate surface area is 163 Å². The van der Waals surface area contributed by atoms with Crippen LogP contribution in [0.3, 0.4) is 0 Å². The average molecular weight is 396 g/mol. The number of halogens is 1. The number of rotatable bonds is 6. The third-order valence-corrected chi connectivity index (χ3v) is 6.44. The molecular formula is C19H26ClN3O2S. The number of hydrogen-bond acceptors (Lipinski definition) is 5. The van der Waals surface area contributed by atoms with Gasteiger partial charge in [-0.05, 0) is 58.4 Å². The smallest absolute Gasteiger partial charge is 0.223 e. The van der Waals surface area contributed by atoms with Crippen LogP contribution in [-0.4, -0.2) is 24.9 Å². The van der Waals surface area contributed by atoms with E-state index in [1.54, 1.807) is 12.4 Å². The number of nitrogens with one attached hydrogen (secondary N) is 1. The third-order valence-electron chi connectivity index (χ3n) is 4.62. The summed E-state index contributed by atoms with van der Waals surface area (Å²) < 4.78 is 21.6. The lowest BCUT2D eigenvalue weighted by atomic mass is 10.0. The van der Waals surface area contributed by atoms with Gasteiger partial charge in [0.1, 0.15) is 15.5 Å². The Morgan fingerprint density at radius 2 is 2.00 bits per heavy atom. The van der Waals surface area contributed by atoms with E-state index in [1.807, 2.05) is 26.8 Å². The molecule has 3 rings (SSSR count). The van der Waals surface area contributed by atoms with Crippen molar-refractivity contribution < 1.29 is 9.29 Å². The molecule has 0 amide bonds. The first-order valence-corrected chi connectivity index (χ1v) is 10.5. The first-order chi connectivity index (χ1) is 12.1. The van der Waals surface area contributed by atoms with Gasteiger partial charge in [0, 0.05) is 29.3 Å². The summed E-state index contributed by atoms with van der Waals surface area (Å²) in [5.74, 6) is 0.583. The molecule has 2 aromatic rings. The first kappa shape index (κ1) is 19.7. The summed E-state index contributed by atoms with van der Waals surface area (Å²) in [7, 11) is 0. The minimum Gasteiger partial charge on any atom is -0.598 e. The van der Waals surface area contributed by atoms with Crippen LogP contribution in [0.15, 0.2) is 18.5 Å². The van der Waals surface area contributed by atoms with Gasteiger partial charge in [-0.3, -0.25) is 0 Å². The van der Waals surface area contributed by atoms with Crippen LogP contribution in [0.25, 0.3) is 10.8 Å². The summed E-state index contributed by atoms with van der Waals surface area (Å²) in [6, 6.07) is 1.73. The van der Waals surface area contributed by atoms with E-state index >= 15 is 0 Å². The molecule has 5 nitrogen and oxygen atoms in total. The van der Waals surface area contributed by atoms with Crippen molar-refractivity contribution in [3.05, 3.63) is 29.2 Å². The Morgan fingerprint density at radius 1 is 1.31 bits per heavy atom. The van der Waals surface area contributed by atoms with Gasteiger partial charge in [-0.15, -0.1) is 4.72 Å². The molecule has 26 heavy (non-hydrogen) atoms. The van der Waals surface area contributed by atoms with Gasteiger partial charge in [-0.25, -0.2) is 9.97 Å². The van der Waals surface area contributed by atoms with Gasteiger partial charge in [0.05, 0.1) is 11.4 Å². The van der Waals surface area contributed by atoms with Crippen molar-refractivity contribution >= 4 is 33.7 Å². The summed E-state index contributed by atoms with van der Waals surface area (Å²) in [4.78, 5) is 8.77. The van der Waals surface area contributed by atoms with Crippen molar-refractivity contribution in [2.45, 2.75) is 70.3 Å². The van der Waals surface area contributed by atoms with Crippen LogP contribution >= 0.6 is 11.6 Å². The number of nitrogens with zero attached hydrogens (tertiary/aromatic N) is 2. The first-order valence-electron chi connectivity index (χ1n) is 8.94. The molecular weight excluding hydrogens is 370 g/mol. The molecule has 7 heteroatoms. The highest BCUT2D eigenvalue weighted by Gasteiger charge is 2.41. The average Bonchev–Trinajstić information content (AvgIpc) is 3.29. The van der Waals surface area contributed by atoms with Gasteiger partial charge in [-0.2, -0.15) is 0 Å². The molecule has 0 aromatic carbocycles. The van der Waals surface area contributed by atoms with Crippen molar-refractivity contribution in [1.82, 2.24) is 14.7 Å². The topological polar surface area (TPSA) is 70.1 Å². The molecule has 0 unspecified atom stereocenters. The number of ether oxygens (including phenoxy) is 1. The van der Waals surface area contributed by atoms with Gasteiger partial charge in [0.2, 0.25) is 5.88 Å². The van der Waals surface area contributed by atoms with Gasteiger partial charge in [0.15, 0.2) is 0 Å². The summed E-state index contributed by atoms with van der Waals surface area (Å²) in [6.45, 7) is 10.00. The van der Waals surface area contributed by atoms with E-state index in [4.69, 9.17) is 16.3 Å².